The lowest BCUT2D eigenvalue weighted by molar-refractivity contribution is -0.145. The van der Waals surface area contributed by atoms with Gasteiger partial charge in [-0.2, -0.15) is 5.26 Å². The summed E-state index contributed by atoms with van der Waals surface area (Å²) in [7, 11) is 0. The highest BCUT2D eigenvalue weighted by Crippen LogP contribution is 2.46. The van der Waals surface area contributed by atoms with Crippen LogP contribution in [0.1, 0.15) is 46.0 Å². The summed E-state index contributed by atoms with van der Waals surface area (Å²) in [5, 5.41) is 19.3. The van der Waals surface area contributed by atoms with Crippen LogP contribution in [-0.4, -0.2) is 34.6 Å². The number of nitriles is 1. The predicted molar refractivity (Wildman–Crippen MR) is 67.5 cm³/mol. The number of amides is 1. The van der Waals surface area contributed by atoms with Gasteiger partial charge in [-0.1, -0.05) is 6.92 Å². The van der Waals surface area contributed by atoms with Gasteiger partial charge >= 0.3 is 0 Å². The van der Waals surface area contributed by atoms with Crippen LogP contribution in [0.4, 0.5) is 0 Å². The number of carbonyl (C=O) groups is 1. The summed E-state index contributed by atoms with van der Waals surface area (Å²) >= 11 is 0. The Morgan fingerprint density at radius 3 is 2.61 bits per heavy atom. The molecule has 1 saturated carbocycles. The van der Waals surface area contributed by atoms with E-state index in [2.05, 4.69) is 13.0 Å². The van der Waals surface area contributed by atoms with Crippen molar-refractivity contribution in [2.45, 2.75) is 51.6 Å². The fourth-order valence-corrected chi connectivity index (χ4v) is 3.21. The molecule has 4 nitrogen and oxygen atoms in total. The predicted octanol–water partition coefficient (Wildman–Crippen LogP) is 1.69. The SMILES string of the molecule is CC1CC(C#N)(C(=O)N2CCCC(C)(O)CC2)C1. The van der Waals surface area contributed by atoms with Gasteiger partial charge < -0.3 is 10.0 Å². The Bertz CT molecular complexity index is 378. The van der Waals surface area contributed by atoms with Crippen molar-refractivity contribution in [3.63, 3.8) is 0 Å². The van der Waals surface area contributed by atoms with E-state index >= 15 is 0 Å². The lowest BCUT2D eigenvalue weighted by Crippen LogP contribution is -2.50. The maximum absolute atomic E-state index is 12.5. The molecule has 1 amide bonds. The molecule has 1 aliphatic heterocycles. The largest absolute Gasteiger partial charge is 0.390 e. The van der Waals surface area contributed by atoms with Gasteiger partial charge in [0.05, 0.1) is 11.7 Å². The molecule has 100 valence electrons. The summed E-state index contributed by atoms with van der Waals surface area (Å²) in [6, 6.07) is 2.23. The zero-order valence-corrected chi connectivity index (χ0v) is 11.3. The molecule has 0 aromatic carbocycles. The first-order chi connectivity index (χ1) is 8.38. The van der Waals surface area contributed by atoms with Crippen molar-refractivity contribution in [2.24, 2.45) is 11.3 Å². The molecule has 0 aromatic heterocycles. The molecule has 0 radical (unpaired) electrons. The van der Waals surface area contributed by atoms with Gasteiger partial charge in [-0.05, 0) is 44.9 Å². The van der Waals surface area contributed by atoms with Gasteiger partial charge in [-0.25, -0.2) is 0 Å². The molecule has 1 unspecified atom stereocenters. The Hall–Kier alpha value is -1.08. The average molecular weight is 250 g/mol. The van der Waals surface area contributed by atoms with E-state index in [0.29, 0.717) is 38.3 Å². The van der Waals surface area contributed by atoms with E-state index in [9.17, 15) is 15.2 Å². The summed E-state index contributed by atoms with van der Waals surface area (Å²) in [4.78, 5) is 14.3. The molecule has 18 heavy (non-hydrogen) atoms. The summed E-state index contributed by atoms with van der Waals surface area (Å²) in [5.74, 6) is 0.462. The smallest absolute Gasteiger partial charge is 0.243 e. The molecule has 1 N–H and O–H groups in total. The highest BCUT2D eigenvalue weighted by Gasteiger charge is 2.50. The van der Waals surface area contributed by atoms with Crippen LogP contribution < -0.4 is 0 Å². The average Bonchev–Trinajstić information content (AvgIpc) is 2.45. The second-order valence-corrected chi connectivity index (χ2v) is 6.35. The third kappa shape index (κ3) is 2.37. The van der Waals surface area contributed by atoms with Gasteiger partial charge in [0.15, 0.2) is 0 Å². The number of rotatable bonds is 1. The molecule has 2 fully saturated rings. The lowest BCUT2D eigenvalue weighted by Gasteiger charge is -2.42. The first-order valence-electron chi connectivity index (χ1n) is 6.82. The summed E-state index contributed by atoms with van der Waals surface area (Å²) in [5.41, 5.74) is -1.43. The van der Waals surface area contributed by atoms with Crippen LogP contribution in [0.5, 0.6) is 0 Å². The van der Waals surface area contributed by atoms with Gasteiger partial charge in [0.25, 0.3) is 0 Å². The zero-order chi connectivity index (χ0) is 13.4. The molecule has 0 spiro atoms. The minimum absolute atomic E-state index is 0.0131. The fourth-order valence-electron chi connectivity index (χ4n) is 3.21. The standard InChI is InChI=1S/C14H22N2O2/c1-11-8-14(9-11,10-15)12(17)16-6-3-4-13(2,18)5-7-16/h11,18H,3-9H2,1-2H3. The van der Waals surface area contributed by atoms with E-state index in [1.807, 2.05) is 6.92 Å². The van der Waals surface area contributed by atoms with Crippen LogP contribution in [0.2, 0.25) is 0 Å². The summed E-state index contributed by atoms with van der Waals surface area (Å²) < 4.78 is 0. The Kier molecular flexibility index (Phi) is 3.37. The molecule has 2 aliphatic rings. The first-order valence-corrected chi connectivity index (χ1v) is 6.82. The maximum atomic E-state index is 12.5. The van der Waals surface area contributed by atoms with Gasteiger partial charge in [-0.3, -0.25) is 4.79 Å². The second-order valence-electron chi connectivity index (χ2n) is 6.35. The van der Waals surface area contributed by atoms with Crippen molar-refractivity contribution in [1.82, 2.24) is 4.90 Å². The van der Waals surface area contributed by atoms with Crippen molar-refractivity contribution in [2.75, 3.05) is 13.1 Å². The molecular weight excluding hydrogens is 228 g/mol. The number of likely N-dealkylation sites (tertiary alicyclic amines) is 1. The van der Waals surface area contributed by atoms with Crippen LogP contribution in [0, 0.1) is 22.7 Å². The summed E-state index contributed by atoms with van der Waals surface area (Å²) in [6.45, 7) is 5.15. The molecule has 4 heteroatoms. The van der Waals surface area contributed by atoms with Crippen LogP contribution in [0.3, 0.4) is 0 Å². The zero-order valence-electron chi connectivity index (χ0n) is 11.3. The third-order valence-electron chi connectivity index (χ3n) is 4.37. The van der Waals surface area contributed by atoms with Crippen LogP contribution in [-0.2, 0) is 4.79 Å². The lowest BCUT2D eigenvalue weighted by atomic mass is 9.62. The Morgan fingerprint density at radius 2 is 2.06 bits per heavy atom. The molecule has 1 saturated heterocycles. The Balaban J connectivity index is 2.04. The van der Waals surface area contributed by atoms with E-state index in [0.717, 1.165) is 12.8 Å². The Labute approximate surface area is 109 Å². The number of carbonyl (C=O) groups excluding carboxylic acids is 1. The number of hydrogen-bond acceptors (Lipinski definition) is 3. The molecule has 1 atom stereocenters. The maximum Gasteiger partial charge on any atom is 0.243 e. The van der Waals surface area contributed by atoms with Crippen molar-refractivity contribution in [1.29, 1.82) is 5.26 Å². The number of nitrogens with zero attached hydrogens (tertiary/aromatic N) is 2. The normalized spacial score (nSPS) is 40.6. The van der Waals surface area contributed by atoms with Crippen molar-refractivity contribution in [3.05, 3.63) is 0 Å². The van der Waals surface area contributed by atoms with Crippen molar-refractivity contribution in [3.8, 4) is 6.07 Å². The number of aliphatic hydroxyl groups is 1. The van der Waals surface area contributed by atoms with Crippen LogP contribution in [0.25, 0.3) is 0 Å². The molecule has 0 bridgehead atoms. The first kappa shape index (κ1) is 13.4. The fraction of sp³-hybridized carbons (Fsp3) is 0.857. The molecular formula is C14H22N2O2. The van der Waals surface area contributed by atoms with E-state index in [4.69, 9.17) is 0 Å². The van der Waals surface area contributed by atoms with Crippen molar-refractivity contribution >= 4 is 5.91 Å². The molecule has 0 aromatic rings. The van der Waals surface area contributed by atoms with E-state index in [-0.39, 0.29) is 5.91 Å². The van der Waals surface area contributed by atoms with E-state index in [1.54, 1.807) is 4.90 Å². The molecule has 1 heterocycles. The third-order valence-corrected chi connectivity index (χ3v) is 4.37. The van der Waals surface area contributed by atoms with Crippen LogP contribution >= 0.6 is 0 Å². The highest BCUT2D eigenvalue weighted by atomic mass is 16.3. The van der Waals surface area contributed by atoms with Crippen molar-refractivity contribution < 1.29 is 9.90 Å². The quantitative estimate of drug-likeness (QED) is 0.770. The minimum Gasteiger partial charge on any atom is -0.390 e. The van der Waals surface area contributed by atoms with Gasteiger partial charge in [0, 0.05) is 13.1 Å². The van der Waals surface area contributed by atoms with Gasteiger partial charge in [0.1, 0.15) is 5.41 Å². The van der Waals surface area contributed by atoms with Gasteiger partial charge in [-0.15, -0.1) is 0 Å². The minimum atomic E-state index is -0.768. The topological polar surface area (TPSA) is 64.3 Å². The highest BCUT2D eigenvalue weighted by molar-refractivity contribution is 5.86. The van der Waals surface area contributed by atoms with E-state index in [1.165, 1.54) is 0 Å². The number of hydrogen-bond donors (Lipinski definition) is 1. The van der Waals surface area contributed by atoms with E-state index < -0.39 is 11.0 Å². The summed E-state index contributed by atoms with van der Waals surface area (Å²) in [6.07, 6.45) is 3.53. The molecule has 2 rings (SSSR count). The van der Waals surface area contributed by atoms with Crippen LogP contribution in [0.15, 0.2) is 0 Å². The monoisotopic (exact) mass is 250 g/mol. The Morgan fingerprint density at radius 1 is 1.39 bits per heavy atom. The molecule has 1 aliphatic carbocycles. The second kappa shape index (κ2) is 4.55. The van der Waals surface area contributed by atoms with Gasteiger partial charge in [0.2, 0.25) is 5.91 Å².